The van der Waals surface area contributed by atoms with Crippen LogP contribution in [0.2, 0.25) is 0 Å². The molecule has 1 fully saturated rings. The van der Waals surface area contributed by atoms with Gasteiger partial charge in [-0.05, 0) is 24.5 Å². The maximum atomic E-state index is 13.7. The van der Waals surface area contributed by atoms with Gasteiger partial charge in [-0.1, -0.05) is 6.92 Å². The summed E-state index contributed by atoms with van der Waals surface area (Å²) in [7, 11) is 0. The lowest BCUT2D eigenvalue weighted by atomic mass is 10.3. The standard InChI is InChI=1S/C11H11F2N3/c1-5-4-8(5)16-10-7(15-11(16)14)3-2-6(12)9(10)13/h2-3,5,8H,4H2,1H3,(H2,14,15). The molecule has 1 aliphatic rings. The van der Waals surface area contributed by atoms with Crippen LogP contribution in [0.5, 0.6) is 0 Å². The minimum atomic E-state index is -0.860. The Hall–Kier alpha value is -1.65. The van der Waals surface area contributed by atoms with Gasteiger partial charge in [-0.15, -0.1) is 0 Å². The number of hydrogen-bond donors (Lipinski definition) is 1. The molecule has 0 bridgehead atoms. The van der Waals surface area contributed by atoms with Gasteiger partial charge in [0.05, 0.1) is 5.52 Å². The van der Waals surface area contributed by atoms with Crippen LogP contribution in [0.3, 0.4) is 0 Å². The monoisotopic (exact) mass is 223 g/mol. The van der Waals surface area contributed by atoms with Gasteiger partial charge in [-0.3, -0.25) is 0 Å². The molecule has 1 aliphatic carbocycles. The number of halogens is 2. The van der Waals surface area contributed by atoms with Crippen molar-refractivity contribution in [1.29, 1.82) is 0 Å². The van der Waals surface area contributed by atoms with Gasteiger partial charge in [0.2, 0.25) is 5.95 Å². The second-order valence-corrected chi connectivity index (χ2v) is 4.35. The van der Waals surface area contributed by atoms with Crippen molar-refractivity contribution < 1.29 is 8.78 Å². The fourth-order valence-corrected chi connectivity index (χ4v) is 2.14. The van der Waals surface area contributed by atoms with Crippen molar-refractivity contribution in [2.45, 2.75) is 19.4 Å². The summed E-state index contributed by atoms with van der Waals surface area (Å²) < 4.78 is 28.5. The van der Waals surface area contributed by atoms with Gasteiger partial charge in [-0.2, -0.15) is 0 Å². The number of aromatic nitrogens is 2. The fraction of sp³-hybridized carbons (Fsp3) is 0.364. The summed E-state index contributed by atoms with van der Waals surface area (Å²) in [5, 5.41) is 0. The topological polar surface area (TPSA) is 43.8 Å². The third kappa shape index (κ3) is 1.14. The van der Waals surface area contributed by atoms with Crippen molar-refractivity contribution >= 4 is 17.0 Å². The van der Waals surface area contributed by atoms with Gasteiger partial charge in [0.1, 0.15) is 5.52 Å². The molecule has 5 heteroatoms. The van der Waals surface area contributed by atoms with Crippen LogP contribution in [-0.2, 0) is 0 Å². The minimum Gasteiger partial charge on any atom is -0.369 e. The van der Waals surface area contributed by atoms with Crippen LogP contribution in [0.15, 0.2) is 12.1 Å². The van der Waals surface area contributed by atoms with E-state index in [0.717, 1.165) is 12.5 Å². The number of benzene rings is 1. The van der Waals surface area contributed by atoms with Crippen LogP contribution < -0.4 is 5.73 Å². The van der Waals surface area contributed by atoms with E-state index in [9.17, 15) is 8.78 Å². The molecule has 0 radical (unpaired) electrons. The lowest BCUT2D eigenvalue weighted by Crippen LogP contribution is -2.03. The average molecular weight is 223 g/mol. The fourth-order valence-electron chi connectivity index (χ4n) is 2.14. The molecule has 1 aromatic carbocycles. The minimum absolute atomic E-state index is 0.154. The first-order valence-corrected chi connectivity index (χ1v) is 5.21. The maximum Gasteiger partial charge on any atom is 0.201 e. The molecule has 3 nitrogen and oxygen atoms in total. The summed E-state index contributed by atoms with van der Waals surface area (Å²) in [5.74, 6) is -1.01. The normalized spacial score (nSPS) is 23.9. The highest BCUT2D eigenvalue weighted by Crippen LogP contribution is 2.46. The summed E-state index contributed by atoms with van der Waals surface area (Å²) in [6, 6.07) is 2.68. The van der Waals surface area contributed by atoms with E-state index in [1.54, 1.807) is 4.57 Å². The predicted molar refractivity (Wildman–Crippen MR) is 56.9 cm³/mol. The van der Waals surface area contributed by atoms with E-state index in [1.807, 2.05) is 6.92 Å². The lowest BCUT2D eigenvalue weighted by Gasteiger charge is -2.05. The molecule has 2 N–H and O–H groups in total. The number of hydrogen-bond acceptors (Lipinski definition) is 2. The van der Waals surface area contributed by atoms with Crippen molar-refractivity contribution in [2.75, 3.05) is 5.73 Å². The molecule has 0 aliphatic heterocycles. The zero-order valence-corrected chi connectivity index (χ0v) is 8.74. The van der Waals surface area contributed by atoms with Crippen LogP contribution in [0.1, 0.15) is 19.4 Å². The smallest absolute Gasteiger partial charge is 0.201 e. The highest BCUT2D eigenvalue weighted by Gasteiger charge is 2.37. The Bertz CT molecular complexity index is 576. The Morgan fingerprint density at radius 2 is 2.12 bits per heavy atom. The zero-order chi connectivity index (χ0) is 11.4. The van der Waals surface area contributed by atoms with E-state index in [0.29, 0.717) is 11.4 Å². The Morgan fingerprint density at radius 1 is 1.44 bits per heavy atom. The van der Waals surface area contributed by atoms with Gasteiger partial charge >= 0.3 is 0 Å². The first-order valence-electron chi connectivity index (χ1n) is 5.21. The number of anilines is 1. The molecule has 2 atom stereocenters. The first-order chi connectivity index (χ1) is 7.59. The molecule has 0 spiro atoms. The third-order valence-corrected chi connectivity index (χ3v) is 3.17. The van der Waals surface area contributed by atoms with E-state index < -0.39 is 11.6 Å². The number of nitrogens with two attached hydrogens (primary N) is 1. The largest absolute Gasteiger partial charge is 0.369 e. The molecule has 1 heterocycles. The Balaban J connectivity index is 2.33. The van der Waals surface area contributed by atoms with Crippen LogP contribution in [0.4, 0.5) is 14.7 Å². The zero-order valence-electron chi connectivity index (χ0n) is 8.74. The highest BCUT2D eigenvalue weighted by molar-refractivity contribution is 5.79. The predicted octanol–water partition coefficient (Wildman–Crippen LogP) is 2.48. The molecular weight excluding hydrogens is 212 g/mol. The molecule has 2 unspecified atom stereocenters. The number of nitrogen functional groups attached to an aromatic ring is 1. The number of rotatable bonds is 1. The molecule has 1 aromatic heterocycles. The molecule has 0 amide bonds. The van der Waals surface area contributed by atoms with Crippen LogP contribution in [-0.4, -0.2) is 9.55 Å². The van der Waals surface area contributed by atoms with E-state index in [1.165, 1.54) is 6.07 Å². The lowest BCUT2D eigenvalue weighted by molar-refractivity contribution is 0.511. The summed E-state index contributed by atoms with van der Waals surface area (Å²) in [5.41, 5.74) is 6.34. The van der Waals surface area contributed by atoms with Crippen LogP contribution in [0.25, 0.3) is 11.0 Å². The van der Waals surface area contributed by atoms with Crippen LogP contribution in [0, 0.1) is 17.6 Å². The molecule has 84 valence electrons. The van der Waals surface area contributed by atoms with E-state index >= 15 is 0 Å². The van der Waals surface area contributed by atoms with Gasteiger partial charge in [-0.25, -0.2) is 13.8 Å². The van der Waals surface area contributed by atoms with Gasteiger partial charge in [0.25, 0.3) is 0 Å². The van der Waals surface area contributed by atoms with Crippen molar-refractivity contribution in [2.24, 2.45) is 5.92 Å². The van der Waals surface area contributed by atoms with Gasteiger partial charge < -0.3 is 10.3 Å². The molecule has 0 saturated heterocycles. The first kappa shape index (κ1) is 9.57. The Labute approximate surface area is 90.9 Å². The molecular formula is C11H11F2N3. The van der Waals surface area contributed by atoms with Gasteiger partial charge in [0.15, 0.2) is 11.6 Å². The second-order valence-electron chi connectivity index (χ2n) is 4.35. The van der Waals surface area contributed by atoms with Crippen molar-refractivity contribution in [1.82, 2.24) is 9.55 Å². The number of nitrogens with zero attached hydrogens (tertiary/aromatic N) is 2. The SMILES string of the molecule is CC1CC1n1c(N)nc2ccc(F)c(F)c21. The number of imidazole rings is 1. The van der Waals surface area contributed by atoms with Gasteiger partial charge in [0, 0.05) is 6.04 Å². The molecule has 2 aromatic rings. The van der Waals surface area contributed by atoms with Crippen molar-refractivity contribution in [3.8, 4) is 0 Å². The quantitative estimate of drug-likeness (QED) is 0.807. The maximum absolute atomic E-state index is 13.7. The average Bonchev–Trinajstić information content (AvgIpc) is 2.83. The highest BCUT2D eigenvalue weighted by atomic mass is 19.2. The van der Waals surface area contributed by atoms with E-state index in [4.69, 9.17) is 5.73 Å². The van der Waals surface area contributed by atoms with Crippen LogP contribution >= 0.6 is 0 Å². The molecule has 3 rings (SSSR count). The van der Waals surface area contributed by atoms with Crippen molar-refractivity contribution in [3.05, 3.63) is 23.8 Å². The summed E-state index contributed by atoms with van der Waals surface area (Å²) in [6.45, 7) is 2.05. The Morgan fingerprint density at radius 3 is 2.75 bits per heavy atom. The van der Waals surface area contributed by atoms with Crippen molar-refractivity contribution in [3.63, 3.8) is 0 Å². The van der Waals surface area contributed by atoms with E-state index in [2.05, 4.69) is 4.98 Å². The molecule has 1 saturated carbocycles. The molecule has 16 heavy (non-hydrogen) atoms. The second kappa shape index (κ2) is 2.93. The summed E-state index contributed by atoms with van der Waals surface area (Å²) >= 11 is 0. The summed E-state index contributed by atoms with van der Waals surface area (Å²) in [4.78, 5) is 4.04. The number of fused-ring (bicyclic) bond motifs is 1. The summed E-state index contributed by atoms with van der Waals surface area (Å²) in [6.07, 6.45) is 0.936. The van der Waals surface area contributed by atoms with E-state index in [-0.39, 0.29) is 17.5 Å². The Kier molecular flexibility index (Phi) is 1.75. The third-order valence-electron chi connectivity index (χ3n) is 3.17.